The normalized spacial score (nSPS) is 11.1. The molecule has 0 saturated heterocycles. The fourth-order valence-electron chi connectivity index (χ4n) is 2.25. The SMILES string of the molecule is CC(C)(C)NC(=O)c1ccccc1NC(=S)NC(=O)/C=C/c1ccc(Cl)cc1. The molecule has 0 saturated carbocycles. The van der Waals surface area contributed by atoms with Crippen molar-refractivity contribution in [1.29, 1.82) is 0 Å². The number of rotatable bonds is 4. The van der Waals surface area contributed by atoms with Gasteiger partial charge in [-0.2, -0.15) is 0 Å². The number of halogens is 1. The summed E-state index contributed by atoms with van der Waals surface area (Å²) in [5, 5.41) is 9.09. The van der Waals surface area contributed by atoms with Gasteiger partial charge in [0.05, 0.1) is 11.3 Å². The highest BCUT2D eigenvalue weighted by atomic mass is 35.5. The van der Waals surface area contributed by atoms with Crippen molar-refractivity contribution in [1.82, 2.24) is 10.6 Å². The van der Waals surface area contributed by atoms with Gasteiger partial charge in [-0.3, -0.25) is 14.9 Å². The van der Waals surface area contributed by atoms with E-state index in [1.54, 1.807) is 54.6 Å². The summed E-state index contributed by atoms with van der Waals surface area (Å²) in [4.78, 5) is 24.5. The van der Waals surface area contributed by atoms with E-state index in [0.29, 0.717) is 16.3 Å². The summed E-state index contributed by atoms with van der Waals surface area (Å²) in [5.74, 6) is -0.614. The number of nitrogens with one attached hydrogen (secondary N) is 3. The smallest absolute Gasteiger partial charge is 0.253 e. The van der Waals surface area contributed by atoms with E-state index in [2.05, 4.69) is 16.0 Å². The fraction of sp³-hybridized carbons (Fsp3) is 0.190. The Bertz CT molecular complexity index is 903. The lowest BCUT2D eigenvalue weighted by molar-refractivity contribution is -0.115. The van der Waals surface area contributed by atoms with Crippen molar-refractivity contribution in [3.05, 3.63) is 70.8 Å². The highest BCUT2D eigenvalue weighted by molar-refractivity contribution is 7.80. The van der Waals surface area contributed by atoms with Gasteiger partial charge in [-0.15, -0.1) is 0 Å². The number of carbonyl (C=O) groups is 2. The standard InChI is InChI=1S/C21H22ClN3O2S/c1-21(2,3)25-19(27)16-6-4-5-7-17(16)23-20(28)24-18(26)13-10-14-8-11-15(22)12-9-14/h4-13H,1-3H3,(H,25,27)(H2,23,24,26,28)/b13-10+. The van der Waals surface area contributed by atoms with Crippen molar-refractivity contribution in [3.8, 4) is 0 Å². The second kappa shape index (κ2) is 9.48. The lowest BCUT2D eigenvalue weighted by atomic mass is 10.1. The van der Waals surface area contributed by atoms with Crippen LogP contribution in [0.15, 0.2) is 54.6 Å². The van der Waals surface area contributed by atoms with Gasteiger partial charge in [-0.25, -0.2) is 0 Å². The Labute approximate surface area is 175 Å². The van der Waals surface area contributed by atoms with Gasteiger partial charge in [0.15, 0.2) is 5.11 Å². The molecule has 0 aliphatic rings. The van der Waals surface area contributed by atoms with Crippen LogP contribution in [0, 0.1) is 0 Å². The second-order valence-corrected chi connectivity index (χ2v) is 7.92. The van der Waals surface area contributed by atoms with Gasteiger partial charge in [0, 0.05) is 16.6 Å². The number of anilines is 1. The predicted molar refractivity (Wildman–Crippen MR) is 119 cm³/mol. The van der Waals surface area contributed by atoms with Gasteiger partial charge in [-0.1, -0.05) is 35.9 Å². The summed E-state index contributed by atoms with van der Waals surface area (Å²) >= 11 is 11.0. The molecule has 0 unspecified atom stereocenters. The van der Waals surface area contributed by atoms with Crippen LogP contribution in [0.3, 0.4) is 0 Å². The third kappa shape index (κ3) is 7.13. The van der Waals surface area contributed by atoms with Crippen molar-refractivity contribution in [2.45, 2.75) is 26.3 Å². The molecule has 0 atom stereocenters. The van der Waals surface area contributed by atoms with Gasteiger partial charge in [-0.05, 0) is 68.9 Å². The lowest BCUT2D eigenvalue weighted by Crippen LogP contribution is -2.41. The number of benzene rings is 2. The first kappa shape index (κ1) is 21.6. The Kier molecular flexibility index (Phi) is 7.31. The van der Waals surface area contributed by atoms with Crippen molar-refractivity contribution in [2.75, 3.05) is 5.32 Å². The van der Waals surface area contributed by atoms with Crippen molar-refractivity contribution in [3.63, 3.8) is 0 Å². The number of para-hydroxylation sites is 1. The largest absolute Gasteiger partial charge is 0.347 e. The van der Waals surface area contributed by atoms with E-state index in [9.17, 15) is 9.59 Å². The van der Waals surface area contributed by atoms with Crippen LogP contribution in [-0.4, -0.2) is 22.5 Å². The van der Waals surface area contributed by atoms with Gasteiger partial charge >= 0.3 is 0 Å². The van der Waals surface area contributed by atoms with Crippen LogP contribution in [0.4, 0.5) is 5.69 Å². The molecule has 7 heteroatoms. The van der Waals surface area contributed by atoms with Gasteiger partial charge < -0.3 is 10.6 Å². The van der Waals surface area contributed by atoms with Crippen molar-refractivity contribution in [2.24, 2.45) is 0 Å². The molecule has 0 bridgehead atoms. The van der Waals surface area contributed by atoms with Crippen LogP contribution >= 0.6 is 23.8 Å². The topological polar surface area (TPSA) is 70.2 Å². The van der Waals surface area contributed by atoms with Crippen LogP contribution in [0.2, 0.25) is 5.02 Å². The first-order valence-corrected chi connectivity index (χ1v) is 9.40. The van der Waals surface area contributed by atoms with E-state index >= 15 is 0 Å². The zero-order valence-corrected chi connectivity index (χ0v) is 17.4. The molecule has 0 heterocycles. The molecular formula is C21H22ClN3O2S. The Balaban J connectivity index is 2.00. The molecule has 2 amide bonds. The molecule has 0 radical (unpaired) electrons. The van der Waals surface area contributed by atoms with Gasteiger partial charge in [0.2, 0.25) is 5.91 Å². The molecule has 2 aromatic rings. The third-order valence-electron chi connectivity index (χ3n) is 3.44. The zero-order chi connectivity index (χ0) is 20.7. The molecule has 0 aromatic heterocycles. The minimum Gasteiger partial charge on any atom is -0.347 e. The average molecular weight is 416 g/mol. The first-order valence-electron chi connectivity index (χ1n) is 8.61. The van der Waals surface area contributed by atoms with E-state index < -0.39 is 0 Å². The minimum atomic E-state index is -0.385. The number of carbonyl (C=O) groups excluding carboxylic acids is 2. The van der Waals surface area contributed by atoms with E-state index in [1.165, 1.54) is 6.08 Å². The summed E-state index contributed by atoms with van der Waals surface area (Å²) in [5.41, 5.74) is 1.41. The maximum atomic E-state index is 12.5. The summed E-state index contributed by atoms with van der Waals surface area (Å²) in [6.07, 6.45) is 3.02. The number of hydrogen-bond acceptors (Lipinski definition) is 3. The number of thiocarbonyl (C=S) groups is 1. The van der Waals surface area contributed by atoms with Crippen LogP contribution in [0.1, 0.15) is 36.7 Å². The Morgan fingerprint density at radius 1 is 1.04 bits per heavy atom. The lowest BCUT2D eigenvalue weighted by Gasteiger charge is -2.21. The van der Waals surface area contributed by atoms with Crippen molar-refractivity contribution < 1.29 is 9.59 Å². The molecule has 146 valence electrons. The van der Waals surface area contributed by atoms with Crippen LogP contribution in [-0.2, 0) is 4.79 Å². The molecule has 0 aliphatic carbocycles. The number of amides is 2. The first-order chi connectivity index (χ1) is 13.1. The maximum absolute atomic E-state index is 12.5. The predicted octanol–water partition coefficient (Wildman–Crippen LogP) is 4.39. The van der Waals surface area contributed by atoms with E-state index in [0.717, 1.165) is 5.56 Å². The highest BCUT2D eigenvalue weighted by Crippen LogP contribution is 2.16. The molecular weight excluding hydrogens is 394 g/mol. The quantitative estimate of drug-likeness (QED) is 0.511. The summed E-state index contributed by atoms with van der Waals surface area (Å²) in [6.45, 7) is 5.70. The minimum absolute atomic E-state index is 0.0989. The number of hydrogen-bond donors (Lipinski definition) is 3. The maximum Gasteiger partial charge on any atom is 0.253 e. The fourth-order valence-corrected chi connectivity index (χ4v) is 2.59. The van der Waals surface area contributed by atoms with E-state index in [4.69, 9.17) is 23.8 Å². The zero-order valence-electron chi connectivity index (χ0n) is 15.9. The summed E-state index contributed by atoms with van der Waals surface area (Å²) < 4.78 is 0. The average Bonchev–Trinajstić information content (AvgIpc) is 2.60. The Morgan fingerprint density at radius 3 is 2.32 bits per heavy atom. The van der Waals surface area contributed by atoms with Gasteiger partial charge in [0.1, 0.15) is 0 Å². The third-order valence-corrected chi connectivity index (χ3v) is 3.90. The molecule has 5 nitrogen and oxygen atoms in total. The Morgan fingerprint density at radius 2 is 1.68 bits per heavy atom. The highest BCUT2D eigenvalue weighted by Gasteiger charge is 2.18. The second-order valence-electron chi connectivity index (χ2n) is 7.08. The van der Waals surface area contributed by atoms with E-state index in [1.807, 2.05) is 20.8 Å². The molecule has 0 aliphatic heterocycles. The summed E-state index contributed by atoms with van der Waals surface area (Å²) in [7, 11) is 0. The van der Waals surface area contributed by atoms with Gasteiger partial charge in [0.25, 0.3) is 5.91 Å². The van der Waals surface area contributed by atoms with Crippen molar-refractivity contribution >= 4 is 52.5 Å². The molecule has 3 N–H and O–H groups in total. The molecule has 2 rings (SSSR count). The molecule has 0 fully saturated rings. The molecule has 2 aromatic carbocycles. The summed E-state index contributed by atoms with van der Waals surface area (Å²) in [6, 6.07) is 14.0. The van der Waals surface area contributed by atoms with Crippen LogP contribution in [0.25, 0.3) is 6.08 Å². The molecule has 0 spiro atoms. The van der Waals surface area contributed by atoms with Crippen LogP contribution in [0.5, 0.6) is 0 Å². The Hall–Kier alpha value is -2.70. The van der Waals surface area contributed by atoms with Crippen LogP contribution < -0.4 is 16.0 Å². The van der Waals surface area contributed by atoms with E-state index in [-0.39, 0.29) is 22.5 Å². The monoisotopic (exact) mass is 415 g/mol. The molecule has 28 heavy (non-hydrogen) atoms.